The average Bonchev–Trinajstić information content (AvgIpc) is 2.62. The molecule has 0 aromatic heterocycles. The number of hydrogen-bond acceptors (Lipinski definition) is 3. The largest absolute Gasteiger partial charge is 0.377 e. The maximum atomic E-state index is 14.4. The predicted octanol–water partition coefficient (Wildman–Crippen LogP) is 4.67. The molecule has 2 aromatic rings. The summed E-state index contributed by atoms with van der Waals surface area (Å²) in [7, 11) is 0. The Morgan fingerprint density at radius 2 is 2.00 bits per heavy atom. The van der Waals surface area contributed by atoms with E-state index in [9.17, 15) is 8.78 Å². The first-order chi connectivity index (χ1) is 12.2. The van der Waals surface area contributed by atoms with Gasteiger partial charge in [0.25, 0.3) is 0 Å². The summed E-state index contributed by atoms with van der Waals surface area (Å²) in [5, 5.41) is 12.2. The van der Waals surface area contributed by atoms with Crippen LogP contribution < -0.4 is 5.32 Å². The van der Waals surface area contributed by atoms with Gasteiger partial charge < -0.3 is 10.1 Å². The van der Waals surface area contributed by atoms with Crippen molar-refractivity contribution in [2.45, 2.75) is 31.4 Å². The summed E-state index contributed by atoms with van der Waals surface area (Å²) in [5.41, 5.74) is 2.80. The number of hydrogen-bond donors (Lipinski definition) is 1. The van der Waals surface area contributed by atoms with Gasteiger partial charge in [-0.25, -0.2) is 8.78 Å². The highest BCUT2D eigenvalue weighted by atomic mass is 19.1. The predicted molar refractivity (Wildman–Crippen MR) is 89.9 cm³/mol. The van der Waals surface area contributed by atoms with Crippen molar-refractivity contribution in [1.29, 1.82) is 5.26 Å². The number of nitrogens with zero attached hydrogens (tertiary/aromatic N) is 1. The van der Waals surface area contributed by atoms with Crippen molar-refractivity contribution in [1.82, 2.24) is 0 Å². The van der Waals surface area contributed by atoms with E-state index in [1.807, 2.05) is 18.2 Å². The van der Waals surface area contributed by atoms with Crippen molar-refractivity contribution in [3.63, 3.8) is 0 Å². The van der Waals surface area contributed by atoms with E-state index in [-0.39, 0.29) is 17.6 Å². The van der Waals surface area contributed by atoms with Crippen LogP contribution in [0, 0.1) is 28.9 Å². The Morgan fingerprint density at radius 1 is 1.20 bits per heavy atom. The Balaban J connectivity index is 1.80. The van der Waals surface area contributed by atoms with Gasteiger partial charge in [0.2, 0.25) is 0 Å². The fourth-order valence-corrected chi connectivity index (χ4v) is 4.02. The normalized spacial score (nSPS) is 24.6. The molecule has 0 bridgehead atoms. The first-order valence-corrected chi connectivity index (χ1v) is 8.51. The van der Waals surface area contributed by atoms with Crippen LogP contribution in [-0.2, 0) is 11.2 Å². The van der Waals surface area contributed by atoms with E-state index in [2.05, 4.69) is 11.4 Å². The summed E-state index contributed by atoms with van der Waals surface area (Å²) in [6, 6.07) is 11.4. The fourth-order valence-electron chi connectivity index (χ4n) is 4.02. The van der Waals surface area contributed by atoms with Gasteiger partial charge in [-0.05, 0) is 36.6 Å². The molecule has 2 aromatic carbocycles. The van der Waals surface area contributed by atoms with Gasteiger partial charge in [0, 0.05) is 29.3 Å². The molecule has 3 nitrogen and oxygen atoms in total. The molecule has 3 unspecified atom stereocenters. The minimum atomic E-state index is -0.536. The van der Waals surface area contributed by atoms with E-state index in [4.69, 9.17) is 10.00 Å². The summed E-state index contributed by atoms with van der Waals surface area (Å²) in [4.78, 5) is 0. The Labute approximate surface area is 145 Å². The summed E-state index contributed by atoms with van der Waals surface area (Å²) in [5.74, 6) is -1.12. The second-order valence-corrected chi connectivity index (χ2v) is 6.61. The molecule has 2 aliphatic rings. The van der Waals surface area contributed by atoms with Gasteiger partial charge in [-0.2, -0.15) is 5.26 Å². The van der Waals surface area contributed by atoms with Gasteiger partial charge in [-0.15, -0.1) is 0 Å². The van der Waals surface area contributed by atoms with Crippen LogP contribution in [0.15, 0.2) is 36.4 Å². The van der Waals surface area contributed by atoms with Gasteiger partial charge in [0.1, 0.15) is 11.6 Å². The number of halogens is 2. The number of nitriles is 1. The zero-order valence-corrected chi connectivity index (χ0v) is 13.6. The molecule has 0 amide bonds. The van der Waals surface area contributed by atoms with Gasteiger partial charge in [-0.3, -0.25) is 0 Å². The molecular weight excluding hydrogens is 322 g/mol. The quantitative estimate of drug-likeness (QED) is 0.864. The molecule has 1 fully saturated rings. The van der Waals surface area contributed by atoms with E-state index >= 15 is 0 Å². The van der Waals surface area contributed by atoms with Crippen LogP contribution >= 0.6 is 0 Å². The maximum Gasteiger partial charge on any atom is 0.131 e. The van der Waals surface area contributed by atoms with Gasteiger partial charge in [0.05, 0.1) is 24.6 Å². The van der Waals surface area contributed by atoms with Gasteiger partial charge in [0.15, 0.2) is 0 Å². The molecule has 4 rings (SSSR count). The van der Waals surface area contributed by atoms with Crippen molar-refractivity contribution in [3.8, 4) is 6.07 Å². The number of nitrogens with one attached hydrogen (secondary N) is 1. The van der Waals surface area contributed by atoms with E-state index in [0.717, 1.165) is 29.7 Å². The van der Waals surface area contributed by atoms with Gasteiger partial charge >= 0.3 is 0 Å². The van der Waals surface area contributed by atoms with Crippen LogP contribution in [0.2, 0.25) is 0 Å². The molecule has 5 heteroatoms. The Bertz CT molecular complexity index is 826. The first-order valence-electron chi connectivity index (χ1n) is 8.51. The standard InChI is InChI=1S/C20H18F2N2O/c21-15-4-1-5-16(22)18(15)19-13-3-2-10-25-20(13)14-11-12(8-9-23)6-7-17(14)24-19/h1,4-7,11,13,19-20,24H,2-3,8,10H2. The van der Waals surface area contributed by atoms with E-state index in [0.29, 0.717) is 13.0 Å². The van der Waals surface area contributed by atoms with E-state index < -0.39 is 17.7 Å². The second-order valence-electron chi connectivity index (χ2n) is 6.61. The van der Waals surface area contributed by atoms with Crippen LogP contribution in [0.5, 0.6) is 0 Å². The van der Waals surface area contributed by atoms with Gasteiger partial charge in [-0.1, -0.05) is 18.2 Å². The van der Waals surface area contributed by atoms with Crippen molar-refractivity contribution in [2.24, 2.45) is 5.92 Å². The lowest BCUT2D eigenvalue weighted by Crippen LogP contribution is -2.37. The molecule has 1 N–H and O–H groups in total. The Morgan fingerprint density at radius 3 is 2.76 bits per heavy atom. The molecule has 1 saturated heterocycles. The third-order valence-electron chi connectivity index (χ3n) is 5.12. The molecule has 0 radical (unpaired) electrons. The zero-order valence-electron chi connectivity index (χ0n) is 13.6. The van der Waals surface area contributed by atoms with E-state index in [1.165, 1.54) is 18.2 Å². The second kappa shape index (κ2) is 6.45. The maximum absolute atomic E-state index is 14.4. The van der Waals surface area contributed by atoms with Crippen LogP contribution in [0.4, 0.5) is 14.5 Å². The number of fused-ring (bicyclic) bond motifs is 3. The highest BCUT2D eigenvalue weighted by Gasteiger charge is 2.41. The molecule has 25 heavy (non-hydrogen) atoms. The van der Waals surface area contributed by atoms with Crippen molar-refractivity contribution in [2.75, 3.05) is 11.9 Å². The topological polar surface area (TPSA) is 45.0 Å². The molecule has 0 saturated carbocycles. The minimum Gasteiger partial charge on any atom is -0.377 e. The highest BCUT2D eigenvalue weighted by molar-refractivity contribution is 5.58. The molecular formula is C20H18F2N2O. The minimum absolute atomic E-state index is 0.0509. The zero-order chi connectivity index (χ0) is 17.4. The van der Waals surface area contributed by atoms with E-state index in [1.54, 1.807) is 0 Å². The number of rotatable bonds is 2. The molecule has 0 aliphatic carbocycles. The summed E-state index contributed by atoms with van der Waals surface area (Å²) < 4.78 is 34.8. The fraction of sp³-hybridized carbons (Fsp3) is 0.350. The molecule has 3 atom stereocenters. The Hall–Kier alpha value is -2.45. The van der Waals surface area contributed by atoms with Crippen LogP contribution in [0.1, 0.15) is 41.7 Å². The average molecular weight is 340 g/mol. The smallest absolute Gasteiger partial charge is 0.131 e. The third kappa shape index (κ3) is 2.77. The van der Waals surface area contributed by atoms with Crippen LogP contribution in [0.25, 0.3) is 0 Å². The SMILES string of the molecule is N#CCc1ccc2c(c1)C1OCCCC1C(c1c(F)cccc1F)N2. The summed E-state index contributed by atoms with van der Waals surface area (Å²) >= 11 is 0. The molecule has 2 heterocycles. The Kier molecular flexibility index (Phi) is 4.14. The lowest BCUT2D eigenvalue weighted by molar-refractivity contribution is -0.0387. The monoisotopic (exact) mass is 340 g/mol. The third-order valence-corrected chi connectivity index (χ3v) is 5.12. The summed E-state index contributed by atoms with van der Waals surface area (Å²) in [6.07, 6.45) is 1.81. The van der Waals surface area contributed by atoms with Crippen molar-refractivity contribution >= 4 is 5.69 Å². The van der Waals surface area contributed by atoms with Crippen molar-refractivity contribution < 1.29 is 13.5 Å². The molecule has 128 valence electrons. The lowest BCUT2D eigenvalue weighted by atomic mass is 9.77. The first kappa shape index (κ1) is 16.0. The van der Waals surface area contributed by atoms with Crippen molar-refractivity contribution in [3.05, 3.63) is 64.7 Å². The molecule has 0 spiro atoms. The lowest BCUT2D eigenvalue weighted by Gasteiger charge is -2.43. The summed E-state index contributed by atoms with van der Waals surface area (Å²) in [6.45, 7) is 0.634. The number of ether oxygens (including phenoxy) is 1. The van der Waals surface area contributed by atoms with Crippen LogP contribution in [-0.4, -0.2) is 6.61 Å². The number of benzene rings is 2. The highest BCUT2D eigenvalue weighted by Crippen LogP contribution is 2.50. The molecule has 2 aliphatic heterocycles. The number of anilines is 1. The van der Waals surface area contributed by atoms with Crippen LogP contribution in [0.3, 0.4) is 0 Å².